The Hall–Kier alpha value is -2.76. The number of hydrogen-bond donors (Lipinski definition) is 2. The predicted molar refractivity (Wildman–Crippen MR) is 95.6 cm³/mol. The highest BCUT2D eigenvalue weighted by molar-refractivity contribution is 5.95. The van der Waals surface area contributed by atoms with Gasteiger partial charge in [0.1, 0.15) is 5.75 Å². The lowest BCUT2D eigenvalue weighted by atomic mass is 10.1. The van der Waals surface area contributed by atoms with Gasteiger partial charge in [0.2, 0.25) is 0 Å². The maximum atomic E-state index is 12.4. The fourth-order valence-electron chi connectivity index (χ4n) is 3.01. The van der Waals surface area contributed by atoms with Crippen molar-refractivity contribution in [1.82, 2.24) is 9.88 Å². The third-order valence-electron chi connectivity index (χ3n) is 4.35. The minimum atomic E-state index is -0.996. The molecule has 6 heteroatoms. The number of carbonyl (C=O) groups is 2. The predicted octanol–water partition coefficient (Wildman–Crippen LogP) is 2.80. The van der Waals surface area contributed by atoms with Crippen LogP contribution in [0.15, 0.2) is 24.3 Å². The van der Waals surface area contributed by atoms with Gasteiger partial charge in [0.25, 0.3) is 5.91 Å². The van der Waals surface area contributed by atoms with E-state index >= 15 is 0 Å². The highest BCUT2D eigenvalue weighted by Gasteiger charge is 2.15. The summed E-state index contributed by atoms with van der Waals surface area (Å²) >= 11 is 0. The quantitative estimate of drug-likeness (QED) is 0.809. The second-order valence-corrected chi connectivity index (χ2v) is 5.87. The molecule has 2 rings (SSSR count). The molecule has 25 heavy (non-hydrogen) atoms. The van der Waals surface area contributed by atoms with E-state index in [2.05, 4.69) is 16.8 Å². The number of nitrogens with one attached hydrogen (secondary N) is 1. The molecule has 0 aliphatic heterocycles. The molecular weight excluding hydrogens is 320 g/mol. The van der Waals surface area contributed by atoms with Gasteiger partial charge in [-0.3, -0.25) is 4.79 Å². The van der Waals surface area contributed by atoms with Crippen LogP contribution in [-0.4, -0.2) is 35.2 Å². The Morgan fingerprint density at radius 1 is 1.24 bits per heavy atom. The first-order valence-electron chi connectivity index (χ1n) is 8.24. The first kappa shape index (κ1) is 18.6. The van der Waals surface area contributed by atoms with Crippen LogP contribution in [0.2, 0.25) is 0 Å². The Kier molecular flexibility index (Phi) is 5.85. The van der Waals surface area contributed by atoms with E-state index in [1.807, 2.05) is 19.9 Å². The van der Waals surface area contributed by atoms with Gasteiger partial charge in [-0.2, -0.15) is 0 Å². The summed E-state index contributed by atoms with van der Waals surface area (Å²) in [5, 5.41) is 11.9. The van der Waals surface area contributed by atoms with Crippen molar-refractivity contribution in [1.29, 1.82) is 0 Å². The van der Waals surface area contributed by atoms with E-state index in [4.69, 9.17) is 9.84 Å². The van der Waals surface area contributed by atoms with Crippen molar-refractivity contribution in [2.24, 2.45) is 0 Å². The average Bonchev–Trinajstić information content (AvgIpc) is 2.88. The number of benzene rings is 1. The fourth-order valence-corrected chi connectivity index (χ4v) is 3.01. The van der Waals surface area contributed by atoms with E-state index in [0.29, 0.717) is 24.3 Å². The van der Waals surface area contributed by atoms with E-state index in [1.165, 1.54) is 19.2 Å². The molecule has 1 heterocycles. The summed E-state index contributed by atoms with van der Waals surface area (Å²) in [7, 11) is 1.50. The van der Waals surface area contributed by atoms with Gasteiger partial charge in [-0.25, -0.2) is 4.79 Å². The molecule has 2 aromatic rings. The molecule has 1 aromatic heterocycles. The molecule has 0 aliphatic carbocycles. The molecule has 0 spiro atoms. The Labute approximate surface area is 147 Å². The van der Waals surface area contributed by atoms with E-state index in [1.54, 1.807) is 6.07 Å². The number of amides is 1. The number of carboxylic acid groups (broad SMARTS) is 1. The summed E-state index contributed by atoms with van der Waals surface area (Å²) in [6, 6.07) is 6.65. The lowest BCUT2D eigenvalue weighted by molar-refractivity contribution is 0.0696. The van der Waals surface area contributed by atoms with Crippen molar-refractivity contribution in [2.45, 2.75) is 33.7 Å². The first-order chi connectivity index (χ1) is 11.9. The molecule has 0 saturated carbocycles. The van der Waals surface area contributed by atoms with Crippen LogP contribution in [-0.2, 0) is 13.0 Å². The van der Waals surface area contributed by atoms with Crippen molar-refractivity contribution in [3.05, 3.63) is 52.3 Å². The van der Waals surface area contributed by atoms with Crippen LogP contribution < -0.4 is 10.1 Å². The SMILES string of the molecule is CCn1c(C)cc(C(=O)NCCc2ccc(C(=O)O)cc2OC)c1C. The molecule has 0 bridgehead atoms. The third-order valence-corrected chi connectivity index (χ3v) is 4.35. The molecule has 1 amide bonds. The molecule has 0 unspecified atom stereocenters. The molecule has 2 N–H and O–H groups in total. The Morgan fingerprint density at radius 2 is 1.96 bits per heavy atom. The van der Waals surface area contributed by atoms with Gasteiger partial charge in [0.15, 0.2) is 0 Å². The van der Waals surface area contributed by atoms with Gasteiger partial charge in [-0.1, -0.05) is 6.07 Å². The fraction of sp³-hybridized carbons (Fsp3) is 0.368. The van der Waals surface area contributed by atoms with Crippen molar-refractivity contribution in [2.75, 3.05) is 13.7 Å². The molecule has 0 radical (unpaired) electrons. The number of aromatic carboxylic acids is 1. The van der Waals surface area contributed by atoms with E-state index in [9.17, 15) is 9.59 Å². The Bertz CT molecular complexity index is 793. The van der Waals surface area contributed by atoms with Crippen molar-refractivity contribution < 1.29 is 19.4 Å². The van der Waals surface area contributed by atoms with Crippen molar-refractivity contribution in [3.63, 3.8) is 0 Å². The smallest absolute Gasteiger partial charge is 0.335 e. The number of rotatable bonds is 7. The second kappa shape index (κ2) is 7.88. The zero-order valence-corrected chi connectivity index (χ0v) is 15.0. The zero-order valence-electron chi connectivity index (χ0n) is 15.0. The van der Waals surface area contributed by atoms with Crippen LogP contribution in [0.25, 0.3) is 0 Å². The van der Waals surface area contributed by atoms with Crippen LogP contribution in [0, 0.1) is 13.8 Å². The minimum absolute atomic E-state index is 0.103. The summed E-state index contributed by atoms with van der Waals surface area (Å²) < 4.78 is 7.35. The van der Waals surface area contributed by atoms with Crippen molar-refractivity contribution in [3.8, 4) is 5.75 Å². The topological polar surface area (TPSA) is 80.6 Å². The molecule has 0 fully saturated rings. The highest BCUT2D eigenvalue weighted by atomic mass is 16.5. The monoisotopic (exact) mass is 344 g/mol. The number of aryl methyl sites for hydroxylation is 1. The largest absolute Gasteiger partial charge is 0.496 e. The van der Waals surface area contributed by atoms with Gasteiger partial charge < -0.3 is 19.7 Å². The van der Waals surface area contributed by atoms with Gasteiger partial charge in [-0.05, 0) is 51.0 Å². The number of carboxylic acids is 1. The summed E-state index contributed by atoms with van der Waals surface area (Å²) in [5.41, 5.74) is 3.74. The lowest BCUT2D eigenvalue weighted by Crippen LogP contribution is -2.26. The average molecular weight is 344 g/mol. The summed E-state index contributed by atoms with van der Waals surface area (Å²) in [4.78, 5) is 23.4. The molecule has 6 nitrogen and oxygen atoms in total. The second-order valence-electron chi connectivity index (χ2n) is 5.87. The number of nitrogens with zero attached hydrogens (tertiary/aromatic N) is 1. The zero-order chi connectivity index (χ0) is 18.6. The molecule has 0 atom stereocenters. The van der Waals surface area contributed by atoms with Crippen LogP contribution >= 0.6 is 0 Å². The summed E-state index contributed by atoms with van der Waals surface area (Å²) in [5.74, 6) is -0.586. The van der Waals surface area contributed by atoms with Crippen LogP contribution in [0.5, 0.6) is 5.75 Å². The third kappa shape index (κ3) is 4.02. The van der Waals surface area contributed by atoms with E-state index in [-0.39, 0.29) is 11.5 Å². The van der Waals surface area contributed by atoms with Gasteiger partial charge in [-0.15, -0.1) is 0 Å². The molecular formula is C19H24N2O4. The normalized spacial score (nSPS) is 10.6. The standard InChI is InChI=1S/C19H24N2O4/c1-5-21-12(2)10-16(13(21)3)18(22)20-9-8-14-6-7-15(19(23)24)11-17(14)25-4/h6-7,10-11H,5,8-9H2,1-4H3,(H,20,22)(H,23,24). The van der Waals surface area contributed by atoms with Crippen LogP contribution in [0.3, 0.4) is 0 Å². The Morgan fingerprint density at radius 3 is 2.52 bits per heavy atom. The number of carbonyl (C=O) groups excluding carboxylic acids is 1. The molecule has 1 aromatic carbocycles. The Balaban J connectivity index is 2.03. The molecule has 0 aliphatic rings. The maximum absolute atomic E-state index is 12.4. The minimum Gasteiger partial charge on any atom is -0.496 e. The van der Waals surface area contributed by atoms with E-state index in [0.717, 1.165) is 23.5 Å². The lowest BCUT2D eigenvalue weighted by Gasteiger charge is -2.10. The van der Waals surface area contributed by atoms with Gasteiger partial charge in [0, 0.05) is 24.5 Å². The highest BCUT2D eigenvalue weighted by Crippen LogP contribution is 2.21. The van der Waals surface area contributed by atoms with E-state index < -0.39 is 5.97 Å². The number of ether oxygens (including phenoxy) is 1. The number of aromatic nitrogens is 1. The number of methoxy groups -OCH3 is 1. The first-order valence-corrected chi connectivity index (χ1v) is 8.24. The molecule has 0 saturated heterocycles. The van der Waals surface area contributed by atoms with Crippen LogP contribution in [0.4, 0.5) is 0 Å². The maximum Gasteiger partial charge on any atom is 0.335 e. The van der Waals surface area contributed by atoms with Crippen LogP contribution in [0.1, 0.15) is 44.6 Å². The van der Waals surface area contributed by atoms with Gasteiger partial charge >= 0.3 is 5.97 Å². The molecule has 134 valence electrons. The summed E-state index contributed by atoms with van der Waals surface area (Å²) in [6.45, 7) is 7.26. The van der Waals surface area contributed by atoms with Crippen molar-refractivity contribution >= 4 is 11.9 Å². The number of hydrogen-bond acceptors (Lipinski definition) is 3. The van der Waals surface area contributed by atoms with Gasteiger partial charge in [0.05, 0.1) is 18.2 Å². The summed E-state index contributed by atoms with van der Waals surface area (Å²) in [6.07, 6.45) is 0.557.